The Bertz CT molecular complexity index is 1470. The number of alkyl halides is 6. The summed E-state index contributed by atoms with van der Waals surface area (Å²) in [7, 11) is -4.59. The van der Waals surface area contributed by atoms with Crippen LogP contribution in [0.5, 0.6) is 5.75 Å². The van der Waals surface area contributed by atoms with Crippen molar-refractivity contribution >= 4 is 33.1 Å². The number of oxime groups is 1. The second-order valence-corrected chi connectivity index (χ2v) is 9.41. The number of amidine groups is 1. The number of hydrogen-bond acceptors (Lipinski definition) is 7. The highest BCUT2D eigenvalue weighted by Crippen LogP contribution is 2.41. The second kappa shape index (κ2) is 9.02. The Hall–Kier alpha value is -4.21. The molecule has 0 aliphatic carbocycles. The first-order chi connectivity index (χ1) is 17.2. The lowest BCUT2D eigenvalue weighted by Crippen LogP contribution is -2.32. The predicted octanol–water partition coefficient (Wildman–Crippen LogP) is 4.55. The van der Waals surface area contributed by atoms with Crippen LogP contribution in [-0.4, -0.2) is 30.8 Å². The van der Waals surface area contributed by atoms with E-state index in [1.807, 2.05) is 0 Å². The summed E-state index contributed by atoms with van der Waals surface area (Å²) in [5.41, 5.74) is 4.21. The Kier molecular flexibility index (Phi) is 6.31. The second-order valence-electron chi connectivity index (χ2n) is 7.54. The lowest BCUT2D eigenvalue weighted by atomic mass is 10.1. The normalized spacial score (nSPS) is 14.3. The van der Waals surface area contributed by atoms with Crippen molar-refractivity contribution in [1.29, 1.82) is 0 Å². The van der Waals surface area contributed by atoms with Crippen LogP contribution >= 0.6 is 0 Å². The third kappa shape index (κ3) is 5.18. The predicted molar refractivity (Wildman–Crippen MR) is 118 cm³/mol. The summed E-state index contributed by atoms with van der Waals surface area (Å²) < 4.78 is 109. The van der Waals surface area contributed by atoms with E-state index in [9.17, 15) is 40.0 Å². The van der Waals surface area contributed by atoms with Crippen LogP contribution in [-0.2, 0) is 22.7 Å². The Balaban J connectivity index is 1.89. The highest BCUT2D eigenvalue weighted by molar-refractivity contribution is 7.92. The van der Waals surface area contributed by atoms with Crippen LogP contribution < -0.4 is 20.1 Å². The Labute approximate surface area is 204 Å². The van der Waals surface area contributed by atoms with Gasteiger partial charge in [0.05, 0.1) is 22.8 Å². The van der Waals surface area contributed by atoms with Crippen LogP contribution in [0.15, 0.2) is 64.6 Å². The van der Waals surface area contributed by atoms with Gasteiger partial charge in [-0.3, -0.25) is 4.31 Å². The zero-order valence-electron chi connectivity index (χ0n) is 18.2. The van der Waals surface area contributed by atoms with Gasteiger partial charge >= 0.3 is 12.5 Å². The molecule has 3 aromatic rings. The fourth-order valence-corrected chi connectivity index (χ4v) is 5.04. The third-order valence-electron chi connectivity index (χ3n) is 5.15. The number of benzene rings is 2. The quantitative estimate of drug-likeness (QED) is 0.144. The van der Waals surface area contributed by atoms with Crippen molar-refractivity contribution in [3.8, 4) is 5.75 Å². The van der Waals surface area contributed by atoms with Gasteiger partial charge in [-0.05, 0) is 42.5 Å². The average molecular weight is 547 g/mol. The van der Waals surface area contributed by atoms with E-state index < -0.39 is 51.3 Å². The molecule has 37 heavy (non-hydrogen) atoms. The zero-order valence-corrected chi connectivity index (χ0v) is 19.0. The van der Waals surface area contributed by atoms with Gasteiger partial charge in [0.15, 0.2) is 5.84 Å². The van der Waals surface area contributed by atoms with E-state index in [1.54, 1.807) is 0 Å². The standard InChI is InChI=1S/C21H15F6N5O4S/c22-20(23,24)16-9-4-11-10-32(37(34,35)13-7-5-12(6-8-13)36-21(25,26)27)17-14(18(28)31-33)2-1-3-15(17)29-19(11)30-16/h1-9,33H,10H2,(H2,28,31)(H,29,30). The smallest absolute Gasteiger partial charge is 0.409 e. The number of anilines is 3. The molecule has 0 radical (unpaired) electrons. The minimum Gasteiger partial charge on any atom is -0.409 e. The molecule has 1 aliphatic rings. The molecule has 2 heterocycles. The number of hydrogen-bond donors (Lipinski definition) is 3. The number of pyridine rings is 1. The highest BCUT2D eigenvalue weighted by atomic mass is 32.2. The van der Waals surface area contributed by atoms with Gasteiger partial charge in [-0.15, -0.1) is 13.2 Å². The number of sulfonamides is 1. The lowest BCUT2D eigenvalue weighted by molar-refractivity contribution is -0.274. The number of para-hydroxylation sites is 1. The molecule has 0 saturated heterocycles. The van der Waals surface area contributed by atoms with E-state index in [4.69, 9.17) is 5.73 Å². The van der Waals surface area contributed by atoms with Gasteiger partial charge in [0.1, 0.15) is 17.3 Å². The van der Waals surface area contributed by atoms with Crippen molar-refractivity contribution < 1.29 is 44.7 Å². The molecule has 0 bridgehead atoms. The van der Waals surface area contributed by atoms with E-state index in [0.29, 0.717) is 6.07 Å². The van der Waals surface area contributed by atoms with Crippen molar-refractivity contribution in [1.82, 2.24) is 4.98 Å². The van der Waals surface area contributed by atoms with Crippen molar-refractivity contribution in [2.75, 3.05) is 9.62 Å². The number of halogens is 6. The van der Waals surface area contributed by atoms with Crippen LogP contribution in [0.2, 0.25) is 0 Å². The first-order valence-corrected chi connectivity index (χ1v) is 11.5. The van der Waals surface area contributed by atoms with E-state index in [0.717, 1.165) is 34.6 Å². The molecule has 1 aromatic heterocycles. The maximum Gasteiger partial charge on any atom is 0.573 e. The molecule has 16 heteroatoms. The summed E-state index contributed by atoms with van der Waals surface area (Å²) >= 11 is 0. The Morgan fingerprint density at radius 1 is 1.05 bits per heavy atom. The van der Waals surface area contributed by atoms with E-state index >= 15 is 0 Å². The van der Waals surface area contributed by atoms with Crippen LogP contribution in [0.1, 0.15) is 16.8 Å². The maximum atomic E-state index is 13.7. The number of fused-ring (bicyclic) bond motifs is 2. The molecule has 4 N–H and O–H groups in total. The molecule has 0 amide bonds. The van der Waals surface area contributed by atoms with E-state index in [2.05, 4.69) is 20.2 Å². The largest absolute Gasteiger partial charge is 0.573 e. The molecule has 0 atom stereocenters. The number of aromatic nitrogens is 1. The lowest BCUT2D eigenvalue weighted by Gasteiger charge is -2.26. The summed E-state index contributed by atoms with van der Waals surface area (Å²) in [6.45, 7) is -0.556. The van der Waals surface area contributed by atoms with Gasteiger partial charge in [0.25, 0.3) is 10.0 Å². The third-order valence-corrected chi connectivity index (χ3v) is 6.91. The number of rotatable bonds is 4. The first kappa shape index (κ1) is 25.9. The summed E-state index contributed by atoms with van der Waals surface area (Å²) in [6, 6.07) is 9.05. The average Bonchev–Trinajstić information content (AvgIpc) is 2.99. The van der Waals surface area contributed by atoms with Crippen molar-refractivity contribution in [3.05, 3.63) is 71.4 Å². The molecule has 0 saturated carbocycles. The summed E-state index contributed by atoms with van der Waals surface area (Å²) in [4.78, 5) is 3.11. The maximum absolute atomic E-state index is 13.7. The van der Waals surface area contributed by atoms with Crippen molar-refractivity contribution in [2.45, 2.75) is 24.0 Å². The van der Waals surface area contributed by atoms with E-state index in [1.165, 1.54) is 18.2 Å². The summed E-state index contributed by atoms with van der Waals surface area (Å²) in [5.74, 6) is -1.47. The van der Waals surface area contributed by atoms with Crippen molar-refractivity contribution in [3.63, 3.8) is 0 Å². The molecule has 0 unspecified atom stereocenters. The number of nitrogens with one attached hydrogen (secondary N) is 1. The molecule has 9 nitrogen and oxygen atoms in total. The molecule has 0 fully saturated rings. The summed E-state index contributed by atoms with van der Waals surface area (Å²) in [6.07, 6.45) is -9.79. The molecular formula is C21H15F6N5O4S. The number of ether oxygens (including phenoxy) is 1. The van der Waals surface area contributed by atoms with Gasteiger partial charge < -0.3 is 21.0 Å². The Morgan fingerprint density at radius 2 is 1.73 bits per heavy atom. The fourth-order valence-electron chi connectivity index (χ4n) is 3.56. The van der Waals surface area contributed by atoms with E-state index in [-0.39, 0.29) is 28.3 Å². The minimum absolute atomic E-state index is 0.0373. The minimum atomic E-state index is -5.00. The first-order valence-electron chi connectivity index (χ1n) is 10.0. The number of nitrogens with zero attached hydrogens (tertiary/aromatic N) is 3. The molecule has 0 spiro atoms. The van der Waals surface area contributed by atoms with Gasteiger partial charge in [-0.1, -0.05) is 17.3 Å². The van der Waals surface area contributed by atoms with Gasteiger partial charge in [-0.2, -0.15) is 13.2 Å². The van der Waals surface area contributed by atoms with Crippen molar-refractivity contribution in [2.24, 2.45) is 10.9 Å². The zero-order chi connectivity index (χ0) is 27.2. The van der Waals surface area contributed by atoms with Gasteiger partial charge in [0.2, 0.25) is 0 Å². The molecule has 1 aliphatic heterocycles. The molecule has 4 rings (SSSR count). The topological polar surface area (TPSA) is 130 Å². The molecular weight excluding hydrogens is 532 g/mol. The SMILES string of the molecule is N/C(=N\O)c1cccc2c1N(S(=O)(=O)c1ccc(OC(F)(F)F)cc1)Cc1ccc(C(F)(F)F)nc1N2. The summed E-state index contributed by atoms with van der Waals surface area (Å²) in [5, 5.41) is 14.8. The number of nitrogens with two attached hydrogens (primary N) is 1. The van der Waals surface area contributed by atoms with Crippen LogP contribution in [0.4, 0.5) is 43.5 Å². The highest BCUT2D eigenvalue weighted by Gasteiger charge is 2.37. The molecule has 2 aromatic carbocycles. The monoisotopic (exact) mass is 547 g/mol. The van der Waals surface area contributed by atoms with Gasteiger partial charge in [-0.25, -0.2) is 13.4 Å². The van der Waals surface area contributed by atoms with Crippen LogP contribution in [0, 0.1) is 0 Å². The van der Waals surface area contributed by atoms with Crippen LogP contribution in [0.3, 0.4) is 0 Å². The fraction of sp³-hybridized carbons (Fsp3) is 0.143. The Morgan fingerprint density at radius 3 is 2.32 bits per heavy atom. The molecule has 196 valence electrons. The van der Waals surface area contributed by atoms with Crippen LogP contribution in [0.25, 0.3) is 0 Å². The van der Waals surface area contributed by atoms with Gasteiger partial charge in [0, 0.05) is 11.1 Å².